The summed E-state index contributed by atoms with van der Waals surface area (Å²) in [5, 5.41) is 3.25. The van der Waals surface area contributed by atoms with E-state index in [-0.39, 0.29) is 0 Å². The van der Waals surface area contributed by atoms with Crippen LogP contribution in [0.3, 0.4) is 0 Å². The van der Waals surface area contributed by atoms with E-state index in [0.29, 0.717) is 5.82 Å². The molecule has 0 aliphatic heterocycles. The third kappa shape index (κ3) is 6.76. The summed E-state index contributed by atoms with van der Waals surface area (Å²) in [7, 11) is 0. The molecule has 1 aromatic heterocycles. The maximum Gasteiger partial charge on any atom is 0.131 e. The third-order valence-corrected chi connectivity index (χ3v) is 2.70. The highest BCUT2D eigenvalue weighted by Crippen LogP contribution is 2.10. The summed E-state index contributed by atoms with van der Waals surface area (Å²) in [6.07, 6.45) is 7.96. The maximum absolute atomic E-state index is 5.57. The van der Waals surface area contributed by atoms with Crippen molar-refractivity contribution in [1.82, 2.24) is 9.97 Å². The van der Waals surface area contributed by atoms with Crippen molar-refractivity contribution in [3.8, 4) is 0 Å². The lowest BCUT2D eigenvalue weighted by Gasteiger charge is -2.06. The Labute approximate surface area is 104 Å². The van der Waals surface area contributed by atoms with E-state index in [9.17, 15) is 0 Å². The molecule has 0 atom stereocenters. The third-order valence-electron chi connectivity index (χ3n) is 2.70. The van der Waals surface area contributed by atoms with Crippen molar-refractivity contribution < 1.29 is 0 Å². The van der Waals surface area contributed by atoms with Gasteiger partial charge in [0.1, 0.15) is 18.0 Å². The molecule has 0 spiro atoms. The number of hydrogen-bond donors (Lipinski definition) is 2. The molecule has 0 bridgehead atoms. The second kappa shape index (κ2) is 7.87. The quantitative estimate of drug-likeness (QED) is 0.681. The van der Waals surface area contributed by atoms with Gasteiger partial charge in [-0.3, -0.25) is 0 Å². The van der Waals surface area contributed by atoms with E-state index >= 15 is 0 Å². The fourth-order valence-corrected chi connectivity index (χ4v) is 1.72. The summed E-state index contributed by atoms with van der Waals surface area (Å²) in [6.45, 7) is 5.51. The van der Waals surface area contributed by atoms with E-state index in [1.54, 1.807) is 6.07 Å². The number of nitrogens with two attached hydrogens (primary N) is 1. The second-order valence-corrected chi connectivity index (χ2v) is 4.85. The van der Waals surface area contributed by atoms with Gasteiger partial charge in [0.25, 0.3) is 0 Å². The van der Waals surface area contributed by atoms with Crippen molar-refractivity contribution in [3.05, 3.63) is 12.4 Å². The van der Waals surface area contributed by atoms with Crippen molar-refractivity contribution in [1.29, 1.82) is 0 Å². The van der Waals surface area contributed by atoms with Gasteiger partial charge in [-0.15, -0.1) is 0 Å². The first kappa shape index (κ1) is 13.7. The number of nitrogens with one attached hydrogen (secondary N) is 1. The van der Waals surface area contributed by atoms with Gasteiger partial charge in [-0.1, -0.05) is 39.5 Å². The zero-order valence-electron chi connectivity index (χ0n) is 10.9. The van der Waals surface area contributed by atoms with Gasteiger partial charge in [0.2, 0.25) is 0 Å². The summed E-state index contributed by atoms with van der Waals surface area (Å²) < 4.78 is 0. The van der Waals surface area contributed by atoms with Crippen LogP contribution in [-0.2, 0) is 0 Å². The molecule has 1 aromatic rings. The van der Waals surface area contributed by atoms with Gasteiger partial charge in [0, 0.05) is 12.6 Å². The molecule has 17 heavy (non-hydrogen) atoms. The number of aromatic nitrogens is 2. The Hall–Kier alpha value is -1.32. The number of hydrogen-bond acceptors (Lipinski definition) is 4. The molecule has 1 heterocycles. The van der Waals surface area contributed by atoms with Crippen LogP contribution in [0.2, 0.25) is 0 Å². The van der Waals surface area contributed by atoms with Crippen LogP contribution in [0.1, 0.15) is 46.0 Å². The van der Waals surface area contributed by atoms with Crippen molar-refractivity contribution >= 4 is 11.6 Å². The first-order valence-corrected chi connectivity index (χ1v) is 6.50. The Morgan fingerprint density at radius 1 is 1.18 bits per heavy atom. The molecule has 96 valence electrons. The van der Waals surface area contributed by atoms with Crippen LogP contribution in [0.15, 0.2) is 12.4 Å². The molecule has 0 saturated heterocycles. The Morgan fingerprint density at radius 3 is 2.65 bits per heavy atom. The van der Waals surface area contributed by atoms with Gasteiger partial charge >= 0.3 is 0 Å². The summed E-state index contributed by atoms with van der Waals surface area (Å²) in [5.74, 6) is 2.16. The van der Waals surface area contributed by atoms with E-state index < -0.39 is 0 Å². The smallest absolute Gasteiger partial charge is 0.131 e. The van der Waals surface area contributed by atoms with Crippen molar-refractivity contribution in [2.75, 3.05) is 17.6 Å². The van der Waals surface area contributed by atoms with Crippen LogP contribution in [-0.4, -0.2) is 16.5 Å². The highest BCUT2D eigenvalue weighted by molar-refractivity contribution is 5.42. The Kier molecular flexibility index (Phi) is 6.37. The molecular formula is C13H24N4. The molecule has 0 radical (unpaired) electrons. The average molecular weight is 236 g/mol. The van der Waals surface area contributed by atoms with Crippen LogP contribution < -0.4 is 11.1 Å². The number of unbranched alkanes of at least 4 members (excludes halogenated alkanes) is 3. The SMILES string of the molecule is CC(C)CCCCCCNc1cc(N)ncn1. The molecule has 0 unspecified atom stereocenters. The molecule has 3 N–H and O–H groups in total. The van der Waals surface area contributed by atoms with Gasteiger partial charge in [-0.25, -0.2) is 9.97 Å². The Morgan fingerprint density at radius 2 is 1.94 bits per heavy atom. The van der Waals surface area contributed by atoms with Crippen LogP contribution >= 0.6 is 0 Å². The summed E-state index contributed by atoms with van der Waals surface area (Å²) in [6, 6.07) is 1.76. The first-order valence-electron chi connectivity index (χ1n) is 6.50. The van der Waals surface area contributed by atoms with Gasteiger partial charge in [0.05, 0.1) is 0 Å². The van der Waals surface area contributed by atoms with E-state index in [2.05, 4.69) is 29.1 Å². The van der Waals surface area contributed by atoms with Gasteiger partial charge in [0.15, 0.2) is 0 Å². The highest BCUT2D eigenvalue weighted by atomic mass is 15.0. The van der Waals surface area contributed by atoms with Crippen LogP contribution in [0.4, 0.5) is 11.6 Å². The molecule has 4 heteroatoms. The van der Waals surface area contributed by atoms with Crippen LogP contribution in [0.25, 0.3) is 0 Å². The van der Waals surface area contributed by atoms with Crippen molar-refractivity contribution in [2.24, 2.45) is 5.92 Å². The predicted molar refractivity (Wildman–Crippen MR) is 72.9 cm³/mol. The fraction of sp³-hybridized carbons (Fsp3) is 0.692. The molecule has 0 amide bonds. The molecule has 0 fully saturated rings. The zero-order chi connectivity index (χ0) is 12.5. The molecule has 0 aliphatic carbocycles. The molecule has 0 saturated carbocycles. The standard InChI is InChI=1S/C13H24N4/c1-11(2)7-5-3-4-6-8-15-13-9-12(14)16-10-17-13/h9-11H,3-8H2,1-2H3,(H3,14,15,16,17). The fourth-order valence-electron chi connectivity index (χ4n) is 1.72. The monoisotopic (exact) mass is 236 g/mol. The van der Waals surface area contributed by atoms with Gasteiger partial charge in [-0.05, 0) is 12.3 Å². The second-order valence-electron chi connectivity index (χ2n) is 4.85. The van der Waals surface area contributed by atoms with Gasteiger partial charge in [-0.2, -0.15) is 0 Å². The van der Waals surface area contributed by atoms with Crippen LogP contribution in [0.5, 0.6) is 0 Å². The zero-order valence-corrected chi connectivity index (χ0v) is 10.9. The predicted octanol–water partition coefficient (Wildman–Crippen LogP) is 3.08. The minimum Gasteiger partial charge on any atom is -0.384 e. The normalized spacial score (nSPS) is 10.8. The Bertz CT molecular complexity index is 312. The van der Waals surface area contributed by atoms with Crippen LogP contribution in [0, 0.1) is 5.92 Å². The minimum atomic E-state index is 0.513. The van der Waals surface area contributed by atoms with Gasteiger partial charge < -0.3 is 11.1 Å². The highest BCUT2D eigenvalue weighted by Gasteiger charge is 1.96. The van der Waals surface area contributed by atoms with E-state index in [1.807, 2.05) is 0 Å². The largest absolute Gasteiger partial charge is 0.384 e. The van der Waals surface area contributed by atoms with E-state index in [1.165, 1.54) is 38.4 Å². The lowest BCUT2D eigenvalue weighted by molar-refractivity contribution is 0.523. The lowest BCUT2D eigenvalue weighted by atomic mass is 10.0. The maximum atomic E-state index is 5.57. The molecule has 0 aliphatic rings. The summed E-state index contributed by atoms with van der Waals surface area (Å²) in [4.78, 5) is 7.95. The number of rotatable bonds is 8. The van der Waals surface area contributed by atoms with Crippen molar-refractivity contribution in [2.45, 2.75) is 46.0 Å². The number of anilines is 2. The molecule has 4 nitrogen and oxygen atoms in total. The summed E-state index contributed by atoms with van der Waals surface area (Å²) >= 11 is 0. The lowest BCUT2D eigenvalue weighted by Crippen LogP contribution is -2.04. The van der Waals surface area contributed by atoms with Crippen molar-refractivity contribution in [3.63, 3.8) is 0 Å². The molecule has 0 aromatic carbocycles. The van der Waals surface area contributed by atoms with E-state index in [4.69, 9.17) is 5.73 Å². The Balaban J connectivity index is 2.01. The minimum absolute atomic E-state index is 0.513. The topological polar surface area (TPSA) is 63.8 Å². The first-order chi connectivity index (χ1) is 8.18. The number of nitrogen functional groups attached to an aromatic ring is 1. The molecular weight excluding hydrogens is 212 g/mol. The summed E-state index contributed by atoms with van der Waals surface area (Å²) in [5.41, 5.74) is 5.57. The van der Waals surface area contributed by atoms with E-state index in [0.717, 1.165) is 18.3 Å². The average Bonchev–Trinajstić information content (AvgIpc) is 2.27. The number of nitrogens with zero attached hydrogens (tertiary/aromatic N) is 2. The molecule has 1 rings (SSSR count).